The number of fused-ring (bicyclic) bond motifs is 1. The number of nitriles is 1. The summed E-state index contributed by atoms with van der Waals surface area (Å²) in [6, 6.07) is 12.6. The molecule has 1 aliphatic rings. The molecule has 2 heterocycles. The van der Waals surface area contributed by atoms with Crippen molar-refractivity contribution in [2.45, 2.75) is 45.8 Å². The van der Waals surface area contributed by atoms with Gasteiger partial charge in [-0.05, 0) is 49.9 Å². The molecule has 34 heavy (non-hydrogen) atoms. The zero-order valence-corrected chi connectivity index (χ0v) is 19.8. The van der Waals surface area contributed by atoms with E-state index in [1.54, 1.807) is 24.3 Å². The van der Waals surface area contributed by atoms with Crippen LogP contribution in [-0.2, 0) is 0 Å². The van der Waals surface area contributed by atoms with Crippen molar-refractivity contribution in [1.29, 1.82) is 5.26 Å². The molecule has 176 valence electrons. The first kappa shape index (κ1) is 23.5. The van der Waals surface area contributed by atoms with Crippen LogP contribution in [-0.4, -0.2) is 44.8 Å². The second-order valence-corrected chi connectivity index (χ2v) is 9.38. The summed E-state index contributed by atoms with van der Waals surface area (Å²) in [5, 5.41) is 33.6. The van der Waals surface area contributed by atoms with E-state index in [9.17, 15) is 20.3 Å². The van der Waals surface area contributed by atoms with E-state index in [1.165, 1.54) is 0 Å². The molecule has 0 saturated carbocycles. The number of nitrogens with one attached hydrogen (secondary N) is 1. The molecule has 0 aliphatic carbocycles. The first-order valence-electron chi connectivity index (χ1n) is 11.4. The van der Waals surface area contributed by atoms with Crippen molar-refractivity contribution < 1.29 is 15.0 Å². The lowest BCUT2D eigenvalue weighted by Crippen LogP contribution is -2.38. The van der Waals surface area contributed by atoms with Crippen molar-refractivity contribution in [3.63, 3.8) is 0 Å². The first-order valence-corrected chi connectivity index (χ1v) is 11.4. The van der Waals surface area contributed by atoms with Crippen LogP contribution in [0.15, 0.2) is 36.4 Å². The van der Waals surface area contributed by atoms with Gasteiger partial charge in [0.25, 0.3) is 0 Å². The highest BCUT2D eigenvalue weighted by Crippen LogP contribution is 2.35. The van der Waals surface area contributed by atoms with Crippen LogP contribution in [0.1, 0.15) is 60.4 Å². The fourth-order valence-electron chi connectivity index (χ4n) is 4.52. The Morgan fingerprint density at radius 3 is 2.62 bits per heavy atom. The van der Waals surface area contributed by atoms with Gasteiger partial charge in [-0.2, -0.15) is 5.26 Å². The molecule has 8 heteroatoms. The molecule has 0 amide bonds. The number of β-amino-alcohol motifs (C(OH)–C–C–N with tert-alkyl or cyclic N) is 1. The zero-order valence-electron chi connectivity index (χ0n) is 19.8. The van der Waals surface area contributed by atoms with E-state index in [1.807, 2.05) is 44.7 Å². The van der Waals surface area contributed by atoms with E-state index >= 15 is 0 Å². The molecule has 4 rings (SSSR count). The largest absolute Gasteiger partial charge is 0.478 e. The van der Waals surface area contributed by atoms with E-state index in [2.05, 4.69) is 16.4 Å². The van der Waals surface area contributed by atoms with E-state index in [0.717, 1.165) is 11.1 Å². The highest BCUT2D eigenvalue weighted by Gasteiger charge is 2.40. The SMILES string of the molecule is Cc1cc([C@@H](C)Nc2ccccc2C(=O)O)c2nc(N3CCC(O)(C(C)C)C3)c(C#N)nc2c1. The fraction of sp³-hybridized carbons (Fsp3) is 0.385. The maximum atomic E-state index is 11.6. The van der Waals surface area contributed by atoms with E-state index < -0.39 is 11.6 Å². The number of para-hydroxylation sites is 1. The molecule has 1 aliphatic heterocycles. The minimum Gasteiger partial charge on any atom is -0.478 e. The van der Waals surface area contributed by atoms with Gasteiger partial charge in [-0.25, -0.2) is 14.8 Å². The zero-order chi connectivity index (χ0) is 24.6. The van der Waals surface area contributed by atoms with Crippen LogP contribution >= 0.6 is 0 Å². The summed E-state index contributed by atoms with van der Waals surface area (Å²) in [4.78, 5) is 23.1. The number of benzene rings is 2. The number of aromatic carboxylic acids is 1. The van der Waals surface area contributed by atoms with Crippen LogP contribution in [0.3, 0.4) is 0 Å². The first-order chi connectivity index (χ1) is 16.1. The van der Waals surface area contributed by atoms with Gasteiger partial charge >= 0.3 is 5.97 Å². The highest BCUT2D eigenvalue weighted by molar-refractivity contribution is 5.94. The number of carbonyl (C=O) groups is 1. The number of hydrogen-bond acceptors (Lipinski definition) is 7. The molecule has 3 N–H and O–H groups in total. The number of hydrogen-bond donors (Lipinski definition) is 3. The Balaban J connectivity index is 1.79. The van der Waals surface area contributed by atoms with Crippen LogP contribution in [0, 0.1) is 24.2 Å². The number of aliphatic hydroxyl groups is 1. The molecule has 2 aromatic carbocycles. The number of carboxylic acid groups (broad SMARTS) is 1. The summed E-state index contributed by atoms with van der Waals surface area (Å²) in [7, 11) is 0. The quantitative estimate of drug-likeness (QED) is 0.499. The Labute approximate surface area is 198 Å². The number of carboxylic acids is 1. The number of aromatic nitrogens is 2. The predicted octanol–water partition coefficient (Wildman–Crippen LogP) is 4.28. The number of rotatable bonds is 6. The average molecular weight is 460 g/mol. The van der Waals surface area contributed by atoms with Crippen molar-refractivity contribution >= 4 is 28.5 Å². The average Bonchev–Trinajstić information content (AvgIpc) is 3.21. The normalized spacial score (nSPS) is 18.8. The molecular formula is C26H29N5O3. The van der Waals surface area contributed by atoms with Crippen molar-refractivity contribution in [1.82, 2.24) is 9.97 Å². The highest BCUT2D eigenvalue weighted by atomic mass is 16.4. The molecular weight excluding hydrogens is 430 g/mol. The summed E-state index contributed by atoms with van der Waals surface area (Å²) in [6.45, 7) is 8.85. The standard InChI is InChI=1S/C26H29N5O3/c1-15(2)26(34)9-10-31(14-26)24-22(13-27)29-21-12-16(3)11-19(23(21)30-24)17(4)28-20-8-6-5-7-18(20)25(32)33/h5-8,11-12,15,17,28,34H,9-10,14H2,1-4H3,(H,32,33)/t17-,26?/m1/s1. The molecule has 1 aromatic heterocycles. The van der Waals surface area contributed by atoms with Gasteiger partial charge in [0.1, 0.15) is 6.07 Å². The molecule has 0 bridgehead atoms. The summed E-state index contributed by atoms with van der Waals surface area (Å²) >= 11 is 0. The molecule has 0 radical (unpaired) electrons. The van der Waals surface area contributed by atoms with Crippen LogP contribution in [0.25, 0.3) is 11.0 Å². The molecule has 2 atom stereocenters. The van der Waals surface area contributed by atoms with Gasteiger partial charge in [0, 0.05) is 24.3 Å². The van der Waals surface area contributed by atoms with Crippen molar-refractivity contribution in [3.8, 4) is 6.07 Å². The van der Waals surface area contributed by atoms with Crippen molar-refractivity contribution in [2.75, 3.05) is 23.3 Å². The Hall–Kier alpha value is -3.70. The molecule has 3 aromatic rings. The molecule has 1 saturated heterocycles. The smallest absolute Gasteiger partial charge is 0.337 e. The number of anilines is 2. The van der Waals surface area contributed by atoms with Gasteiger partial charge in [0.2, 0.25) is 0 Å². The van der Waals surface area contributed by atoms with Crippen LogP contribution in [0.2, 0.25) is 0 Å². The summed E-state index contributed by atoms with van der Waals surface area (Å²) in [5.74, 6) is -0.459. The predicted molar refractivity (Wildman–Crippen MR) is 131 cm³/mol. The lowest BCUT2D eigenvalue weighted by Gasteiger charge is -2.28. The Morgan fingerprint density at radius 1 is 1.24 bits per heavy atom. The van der Waals surface area contributed by atoms with E-state index in [4.69, 9.17) is 4.98 Å². The third-order valence-electron chi connectivity index (χ3n) is 6.68. The van der Waals surface area contributed by atoms with Gasteiger partial charge in [-0.15, -0.1) is 0 Å². The third kappa shape index (κ3) is 4.27. The van der Waals surface area contributed by atoms with Crippen LogP contribution < -0.4 is 10.2 Å². The Bertz CT molecular complexity index is 1300. The Morgan fingerprint density at radius 2 is 1.97 bits per heavy atom. The van der Waals surface area contributed by atoms with Crippen molar-refractivity contribution in [2.24, 2.45) is 5.92 Å². The van der Waals surface area contributed by atoms with E-state index in [0.29, 0.717) is 42.0 Å². The molecule has 1 fully saturated rings. The third-order valence-corrected chi connectivity index (χ3v) is 6.68. The van der Waals surface area contributed by atoms with Gasteiger partial charge in [0.05, 0.1) is 28.2 Å². The molecule has 1 unspecified atom stereocenters. The lowest BCUT2D eigenvalue weighted by molar-refractivity contribution is 0.0167. The Kier molecular flexibility index (Phi) is 6.15. The second-order valence-electron chi connectivity index (χ2n) is 9.38. The topological polar surface area (TPSA) is 122 Å². The minimum absolute atomic E-state index is 0.0770. The summed E-state index contributed by atoms with van der Waals surface area (Å²) in [5.41, 5.74) is 3.16. The van der Waals surface area contributed by atoms with Gasteiger partial charge in [0.15, 0.2) is 11.5 Å². The fourth-order valence-corrected chi connectivity index (χ4v) is 4.52. The number of nitrogens with zero attached hydrogens (tertiary/aromatic N) is 4. The maximum absolute atomic E-state index is 11.6. The summed E-state index contributed by atoms with van der Waals surface area (Å²) in [6.07, 6.45) is 0.597. The minimum atomic E-state index is -1.00. The summed E-state index contributed by atoms with van der Waals surface area (Å²) < 4.78 is 0. The monoisotopic (exact) mass is 459 g/mol. The molecule has 8 nitrogen and oxygen atoms in total. The van der Waals surface area contributed by atoms with Gasteiger partial charge < -0.3 is 20.4 Å². The maximum Gasteiger partial charge on any atom is 0.337 e. The van der Waals surface area contributed by atoms with Gasteiger partial charge in [-0.3, -0.25) is 0 Å². The van der Waals surface area contributed by atoms with E-state index in [-0.39, 0.29) is 23.2 Å². The van der Waals surface area contributed by atoms with Crippen LogP contribution in [0.4, 0.5) is 11.5 Å². The van der Waals surface area contributed by atoms with Gasteiger partial charge in [-0.1, -0.05) is 32.0 Å². The second kappa shape index (κ2) is 8.92. The van der Waals surface area contributed by atoms with Crippen LogP contribution in [0.5, 0.6) is 0 Å². The van der Waals surface area contributed by atoms with Crippen molar-refractivity contribution in [3.05, 3.63) is 58.8 Å². The number of aryl methyl sites for hydroxylation is 1. The molecule has 0 spiro atoms. The lowest BCUT2D eigenvalue weighted by atomic mass is 9.90.